The van der Waals surface area contributed by atoms with Gasteiger partial charge in [0.2, 0.25) is 0 Å². The minimum atomic E-state index is 0.823. The van der Waals surface area contributed by atoms with Crippen molar-refractivity contribution in [2.75, 3.05) is 14.2 Å². The summed E-state index contributed by atoms with van der Waals surface area (Å²) in [4.78, 5) is 8.65. The van der Waals surface area contributed by atoms with E-state index in [4.69, 9.17) is 4.74 Å². The average molecular weight is 391 g/mol. The van der Waals surface area contributed by atoms with Crippen LogP contribution in [0.15, 0.2) is 90.2 Å². The van der Waals surface area contributed by atoms with Crippen molar-refractivity contribution in [3.63, 3.8) is 0 Å². The lowest BCUT2D eigenvalue weighted by molar-refractivity contribution is 0.415. The maximum absolute atomic E-state index is 5.56. The molecule has 146 valence electrons. The van der Waals surface area contributed by atoms with Gasteiger partial charge >= 0.3 is 0 Å². The summed E-state index contributed by atoms with van der Waals surface area (Å²) in [6.07, 6.45) is 3.71. The highest BCUT2D eigenvalue weighted by molar-refractivity contribution is 5.95. The first-order valence-corrected chi connectivity index (χ1v) is 9.84. The lowest BCUT2D eigenvalue weighted by Crippen LogP contribution is -1.93. The van der Waals surface area contributed by atoms with E-state index in [1.807, 2.05) is 30.7 Å². The van der Waals surface area contributed by atoms with Crippen LogP contribution in [0.2, 0.25) is 0 Å². The molecule has 0 radical (unpaired) electrons. The number of imidazole rings is 1. The summed E-state index contributed by atoms with van der Waals surface area (Å²) in [5.41, 5.74) is 6.48. The molecule has 0 spiro atoms. The van der Waals surface area contributed by atoms with Crippen molar-refractivity contribution < 1.29 is 4.74 Å². The Morgan fingerprint density at radius 3 is 2.60 bits per heavy atom. The maximum Gasteiger partial charge on any atom is 0.128 e. The second kappa shape index (κ2) is 7.48. The molecule has 4 aromatic carbocycles. The maximum atomic E-state index is 5.56. The van der Waals surface area contributed by atoms with E-state index in [0.717, 1.165) is 49.9 Å². The van der Waals surface area contributed by atoms with Crippen molar-refractivity contribution in [3.05, 3.63) is 90.8 Å². The number of aliphatic imine (C=N–C) groups is 1. The van der Waals surface area contributed by atoms with Crippen molar-refractivity contribution in [1.29, 1.82) is 0 Å². The van der Waals surface area contributed by atoms with Crippen molar-refractivity contribution in [3.8, 4) is 22.6 Å². The highest BCUT2D eigenvalue weighted by Crippen LogP contribution is 2.30. The Morgan fingerprint density at radius 1 is 0.867 bits per heavy atom. The van der Waals surface area contributed by atoms with Crippen molar-refractivity contribution in [2.24, 2.45) is 4.99 Å². The Balaban J connectivity index is 1.60. The van der Waals surface area contributed by atoms with Gasteiger partial charge in [0.25, 0.3) is 0 Å². The van der Waals surface area contributed by atoms with Gasteiger partial charge in [0.05, 0.1) is 18.1 Å². The molecule has 0 bridgehead atoms. The van der Waals surface area contributed by atoms with E-state index in [2.05, 4.69) is 75.2 Å². The third kappa shape index (κ3) is 3.12. The standard InChI is InChI=1S/C26H21N3O/c1-27-16-22-13-20-11-10-19(12-21(20)15-26(22)30-2)18-6-5-7-23(14-18)29-17-28-24-8-3-4-9-25(24)29/h3-17H,1-2H3/b27-16-. The van der Waals surface area contributed by atoms with E-state index >= 15 is 0 Å². The summed E-state index contributed by atoms with van der Waals surface area (Å²) < 4.78 is 7.68. The lowest BCUT2D eigenvalue weighted by Gasteiger charge is -2.11. The number of nitrogens with zero attached hydrogens (tertiary/aromatic N) is 3. The van der Waals surface area contributed by atoms with Gasteiger partial charge in [-0.25, -0.2) is 4.98 Å². The van der Waals surface area contributed by atoms with Gasteiger partial charge in [-0.1, -0.05) is 36.4 Å². The molecule has 0 aliphatic heterocycles. The van der Waals surface area contributed by atoms with Crippen LogP contribution in [-0.2, 0) is 0 Å². The molecule has 0 amide bonds. The van der Waals surface area contributed by atoms with Crippen LogP contribution in [0.4, 0.5) is 0 Å². The minimum Gasteiger partial charge on any atom is -0.496 e. The van der Waals surface area contributed by atoms with Crippen LogP contribution < -0.4 is 4.74 Å². The molecule has 0 N–H and O–H groups in total. The molecule has 1 heterocycles. The summed E-state index contributed by atoms with van der Waals surface area (Å²) in [7, 11) is 3.46. The normalized spacial score (nSPS) is 11.5. The van der Waals surface area contributed by atoms with E-state index in [0.29, 0.717) is 0 Å². The second-order valence-corrected chi connectivity index (χ2v) is 7.20. The van der Waals surface area contributed by atoms with Gasteiger partial charge in [-0.3, -0.25) is 9.56 Å². The molecule has 5 aromatic rings. The number of hydrogen-bond donors (Lipinski definition) is 0. The van der Waals surface area contributed by atoms with E-state index in [1.165, 1.54) is 0 Å². The van der Waals surface area contributed by atoms with Crippen LogP contribution in [0.3, 0.4) is 0 Å². The molecule has 0 saturated heterocycles. The molecule has 0 saturated carbocycles. The third-order valence-electron chi connectivity index (χ3n) is 5.37. The van der Waals surface area contributed by atoms with Crippen LogP contribution >= 0.6 is 0 Å². The van der Waals surface area contributed by atoms with Crippen LogP contribution in [0.5, 0.6) is 5.75 Å². The first-order valence-electron chi connectivity index (χ1n) is 9.84. The number of methoxy groups -OCH3 is 1. The number of rotatable bonds is 4. The van der Waals surface area contributed by atoms with Crippen molar-refractivity contribution >= 4 is 28.0 Å². The molecule has 30 heavy (non-hydrogen) atoms. The van der Waals surface area contributed by atoms with Crippen LogP contribution in [0, 0.1) is 0 Å². The summed E-state index contributed by atoms with van der Waals surface area (Å²) in [6, 6.07) is 27.4. The molecular formula is C26H21N3O. The van der Waals surface area contributed by atoms with Gasteiger partial charge in [0.1, 0.15) is 12.1 Å². The highest BCUT2D eigenvalue weighted by Gasteiger charge is 2.08. The summed E-state index contributed by atoms with van der Waals surface area (Å²) in [5, 5.41) is 2.29. The fourth-order valence-corrected chi connectivity index (χ4v) is 3.89. The van der Waals surface area contributed by atoms with Crippen LogP contribution in [0.1, 0.15) is 5.56 Å². The molecule has 0 aliphatic carbocycles. The smallest absolute Gasteiger partial charge is 0.128 e. The Hall–Kier alpha value is -3.92. The van der Waals surface area contributed by atoms with Gasteiger partial charge in [-0.15, -0.1) is 0 Å². The molecule has 0 unspecified atom stereocenters. The predicted octanol–water partition coefficient (Wildman–Crippen LogP) is 5.90. The summed E-state index contributed by atoms with van der Waals surface area (Å²) >= 11 is 0. The molecule has 0 fully saturated rings. The molecule has 0 atom stereocenters. The Morgan fingerprint density at radius 2 is 1.73 bits per heavy atom. The van der Waals surface area contributed by atoms with Gasteiger partial charge in [-0.2, -0.15) is 0 Å². The molecule has 4 heteroatoms. The van der Waals surface area contributed by atoms with Gasteiger partial charge < -0.3 is 4.74 Å². The third-order valence-corrected chi connectivity index (χ3v) is 5.37. The largest absolute Gasteiger partial charge is 0.496 e. The zero-order chi connectivity index (χ0) is 20.5. The lowest BCUT2D eigenvalue weighted by atomic mass is 9.99. The fourth-order valence-electron chi connectivity index (χ4n) is 3.89. The van der Waals surface area contributed by atoms with Gasteiger partial charge in [0, 0.05) is 24.5 Å². The van der Waals surface area contributed by atoms with Gasteiger partial charge in [-0.05, 0) is 64.4 Å². The van der Waals surface area contributed by atoms with Gasteiger partial charge in [0.15, 0.2) is 0 Å². The SMILES string of the molecule is C/N=C\c1cc2ccc(-c3cccc(-n4cnc5ccccc54)c3)cc2cc1OC. The van der Waals surface area contributed by atoms with E-state index < -0.39 is 0 Å². The molecule has 4 nitrogen and oxygen atoms in total. The monoisotopic (exact) mass is 391 g/mol. The van der Waals surface area contributed by atoms with Crippen molar-refractivity contribution in [1.82, 2.24) is 9.55 Å². The predicted molar refractivity (Wildman–Crippen MR) is 124 cm³/mol. The topological polar surface area (TPSA) is 39.4 Å². The number of aromatic nitrogens is 2. The average Bonchev–Trinajstić information content (AvgIpc) is 3.23. The van der Waals surface area contributed by atoms with E-state index in [9.17, 15) is 0 Å². The summed E-state index contributed by atoms with van der Waals surface area (Å²) in [6.45, 7) is 0. The molecular weight excluding hydrogens is 370 g/mol. The number of fused-ring (bicyclic) bond motifs is 2. The first kappa shape index (κ1) is 18.1. The Kier molecular flexibility index (Phi) is 4.52. The zero-order valence-corrected chi connectivity index (χ0v) is 16.9. The second-order valence-electron chi connectivity index (χ2n) is 7.20. The molecule has 0 aliphatic rings. The zero-order valence-electron chi connectivity index (χ0n) is 16.9. The Bertz CT molecular complexity index is 1400. The van der Waals surface area contributed by atoms with E-state index in [-0.39, 0.29) is 0 Å². The first-order chi connectivity index (χ1) is 14.8. The number of ether oxygens (including phenoxy) is 1. The van der Waals surface area contributed by atoms with E-state index in [1.54, 1.807) is 14.2 Å². The Labute approximate surface area is 175 Å². The molecule has 1 aromatic heterocycles. The van der Waals surface area contributed by atoms with Crippen LogP contribution in [0.25, 0.3) is 38.6 Å². The number of hydrogen-bond acceptors (Lipinski definition) is 3. The minimum absolute atomic E-state index is 0.823. The quantitative estimate of drug-likeness (QED) is 0.358. The van der Waals surface area contributed by atoms with Crippen molar-refractivity contribution in [2.45, 2.75) is 0 Å². The number of benzene rings is 4. The summed E-state index contributed by atoms with van der Waals surface area (Å²) in [5.74, 6) is 0.823. The highest BCUT2D eigenvalue weighted by atomic mass is 16.5. The molecule has 5 rings (SSSR count). The number of para-hydroxylation sites is 2. The fraction of sp³-hybridized carbons (Fsp3) is 0.0769. The van der Waals surface area contributed by atoms with Crippen LogP contribution in [-0.4, -0.2) is 29.9 Å².